The third-order valence-electron chi connectivity index (χ3n) is 4.66. The normalized spacial score (nSPS) is 15.2. The number of nitrogens with zero attached hydrogens (tertiary/aromatic N) is 1. The van der Waals surface area contributed by atoms with E-state index in [2.05, 4.69) is 5.32 Å². The zero-order valence-corrected chi connectivity index (χ0v) is 15.9. The van der Waals surface area contributed by atoms with Crippen molar-refractivity contribution in [2.45, 2.75) is 26.2 Å². The summed E-state index contributed by atoms with van der Waals surface area (Å²) in [7, 11) is -3.28. The van der Waals surface area contributed by atoms with Gasteiger partial charge in [-0.25, -0.2) is 8.42 Å². The Hall–Kier alpha value is -2.34. The van der Waals surface area contributed by atoms with Crippen LogP contribution in [0.2, 0.25) is 0 Å². The Balaban J connectivity index is 1.72. The molecule has 1 atom stereocenters. The molecule has 0 aliphatic carbocycles. The van der Waals surface area contributed by atoms with Crippen molar-refractivity contribution in [3.05, 3.63) is 59.7 Å². The number of benzene rings is 2. The molecule has 2 aromatic rings. The fourth-order valence-corrected chi connectivity index (χ4v) is 4.31. The van der Waals surface area contributed by atoms with E-state index in [4.69, 9.17) is 0 Å². The van der Waals surface area contributed by atoms with Crippen molar-refractivity contribution in [3.63, 3.8) is 0 Å². The van der Waals surface area contributed by atoms with Gasteiger partial charge in [0.05, 0.1) is 11.9 Å². The summed E-state index contributed by atoms with van der Waals surface area (Å²) in [6.07, 6.45) is 3.50. The van der Waals surface area contributed by atoms with Gasteiger partial charge in [0.2, 0.25) is 15.9 Å². The standard InChI is InChI=1S/C20H24N2O3S/c1-15(13-16-7-4-3-5-8-16)20(23)21-18-10-11-19-17(14-18)9-6-12-22(19)26(2,24)25/h3-5,7-8,10-11,14-15H,6,9,12-13H2,1-2H3,(H,21,23). The van der Waals surface area contributed by atoms with Crippen molar-refractivity contribution in [3.8, 4) is 0 Å². The van der Waals surface area contributed by atoms with Gasteiger partial charge < -0.3 is 5.32 Å². The zero-order valence-electron chi connectivity index (χ0n) is 15.1. The Kier molecular flexibility index (Phi) is 5.32. The highest BCUT2D eigenvalue weighted by atomic mass is 32.2. The molecule has 1 amide bonds. The minimum absolute atomic E-state index is 0.0374. The van der Waals surface area contributed by atoms with Gasteiger partial charge in [-0.05, 0) is 48.6 Å². The first-order valence-corrected chi connectivity index (χ1v) is 10.6. The first-order chi connectivity index (χ1) is 12.3. The molecule has 26 heavy (non-hydrogen) atoms. The van der Waals surface area contributed by atoms with E-state index < -0.39 is 10.0 Å². The Labute approximate surface area is 155 Å². The largest absolute Gasteiger partial charge is 0.326 e. The second-order valence-electron chi connectivity index (χ2n) is 6.86. The predicted octanol–water partition coefficient (Wildman–Crippen LogP) is 3.22. The van der Waals surface area contributed by atoms with Gasteiger partial charge in [0.1, 0.15) is 0 Å². The van der Waals surface area contributed by atoms with E-state index in [9.17, 15) is 13.2 Å². The monoisotopic (exact) mass is 372 g/mol. The quantitative estimate of drug-likeness (QED) is 0.876. The SMILES string of the molecule is CC(Cc1ccccc1)C(=O)Nc1ccc2c(c1)CCCN2S(C)(=O)=O. The molecule has 5 nitrogen and oxygen atoms in total. The van der Waals surface area contributed by atoms with Crippen LogP contribution in [-0.4, -0.2) is 27.1 Å². The maximum atomic E-state index is 12.5. The van der Waals surface area contributed by atoms with Crippen LogP contribution in [0, 0.1) is 5.92 Å². The van der Waals surface area contributed by atoms with Crippen LogP contribution in [-0.2, 0) is 27.7 Å². The fraction of sp³-hybridized carbons (Fsp3) is 0.350. The van der Waals surface area contributed by atoms with Crippen molar-refractivity contribution in [1.82, 2.24) is 0 Å². The molecule has 2 aromatic carbocycles. The Morgan fingerprint density at radius 3 is 2.62 bits per heavy atom. The van der Waals surface area contributed by atoms with Crippen LogP contribution < -0.4 is 9.62 Å². The number of hydrogen-bond acceptors (Lipinski definition) is 3. The highest BCUT2D eigenvalue weighted by molar-refractivity contribution is 7.92. The molecule has 1 heterocycles. The van der Waals surface area contributed by atoms with E-state index in [0.717, 1.165) is 24.0 Å². The number of nitrogens with one attached hydrogen (secondary N) is 1. The molecule has 3 rings (SSSR count). The number of hydrogen-bond donors (Lipinski definition) is 1. The second-order valence-corrected chi connectivity index (χ2v) is 8.77. The molecule has 1 unspecified atom stereocenters. The third kappa shape index (κ3) is 4.25. The lowest BCUT2D eigenvalue weighted by molar-refractivity contribution is -0.119. The minimum atomic E-state index is -3.28. The lowest BCUT2D eigenvalue weighted by Gasteiger charge is -2.29. The van der Waals surface area contributed by atoms with Crippen molar-refractivity contribution in [2.75, 3.05) is 22.4 Å². The van der Waals surface area contributed by atoms with Crippen LogP contribution in [0.3, 0.4) is 0 Å². The van der Waals surface area contributed by atoms with Gasteiger partial charge in [-0.2, -0.15) is 0 Å². The molecule has 1 N–H and O–H groups in total. The molecule has 0 spiro atoms. The van der Waals surface area contributed by atoms with E-state index >= 15 is 0 Å². The van der Waals surface area contributed by atoms with Gasteiger partial charge in [-0.15, -0.1) is 0 Å². The maximum absolute atomic E-state index is 12.5. The average molecular weight is 372 g/mol. The van der Waals surface area contributed by atoms with E-state index in [0.29, 0.717) is 24.3 Å². The molecule has 6 heteroatoms. The van der Waals surface area contributed by atoms with Crippen LogP contribution in [0.1, 0.15) is 24.5 Å². The van der Waals surface area contributed by atoms with Crippen molar-refractivity contribution in [2.24, 2.45) is 5.92 Å². The summed E-state index contributed by atoms with van der Waals surface area (Å²) in [5, 5.41) is 2.96. The zero-order chi connectivity index (χ0) is 18.7. The minimum Gasteiger partial charge on any atom is -0.326 e. The number of rotatable bonds is 5. The van der Waals surface area contributed by atoms with Gasteiger partial charge in [0, 0.05) is 18.2 Å². The lowest BCUT2D eigenvalue weighted by atomic mass is 9.99. The molecular formula is C20H24N2O3S. The van der Waals surface area contributed by atoms with E-state index in [1.54, 1.807) is 12.1 Å². The van der Waals surface area contributed by atoms with Crippen LogP contribution in [0.15, 0.2) is 48.5 Å². The van der Waals surface area contributed by atoms with Crippen molar-refractivity contribution >= 4 is 27.3 Å². The average Bonchev–Trinajstić information content (AvgIpc) is 2.61. The fourth-order valence-electron chi connectivity index (χ4n) is 3.31. The molecule has 1 aliphatic heterocycles. The smallest absolute Gasteiger partial charge is 0.232 e. The van der Waals surface area contributed by atoms with E-state index in [1.165, 1.54) is 10.6 Å². The summed E-state index contributed by atoms with van der Waals surface area (Å²) in [6, 6.07) is 15.4. The number of amides is 1. The first kappa shape index (κ1) is 18.5. The lowest BCUT2D eigenvalue weighted by Crippen LogP contribution is -2.34. The number of aryl methyl sites for hydroxylation is 1. The number of fused-ring (bicyclic) bond motifs is 1. The molecule has 0 saturated carbocycles. The topological polar surface area (TPSA) is 66.5 Å². The van der Waals surface area contributed by atoms with E-state index in [1.807, 2.05) is 43.3 Å². The molecule has 0 saturated heterocycles. The third-order valence-corrected chi connectivity index (χ3v) is 5.84. The summed E-state index contributed by atoms with van der Waals surface area (Å²) in [5.41, 5.74) is 3.51. The van der Waals surface area contributed by atoms with Gasteiger partial charge in [0.25, 0.3) is 0 Å². The molecular weight excluding hydrogens is 348 g/mol. The molecule has 1 aliphatic rings. The highest BCUT2D eigenvalue weighted by Crippen LogP contribution is 2.31. The molecule has 0 bridgehead atoms. The Morgan fingerprint density at radius 1 is 1.19 bits per heavy atom. The van der Waals surface area contributed by atoms with Gasteiger partial charge in [-0.1, -0.05) is 37.3 Å². The summed E-state index contributed by atoms with van der Waals surface area (Å²) >= 11 is 0. The maximum Gasteiger partial charge on any atom is 0.232 e. The molecule has 0 fully saturated rings. The Bertz CT molecular complexity index is 895. The van der Waals surface area contributed by atoms with Crippen LogP contribution in [0.25, 0.3) is 0 Å². The number of anilines is 2. The Morgan fingerprint density at radius 2 is 1.92 bits per heavy atom. The van der Waals surface area contributed by atoms with Crippen LogP contribution >= 0.6 is 0 Å². The summed E-state index contributed by atoms with van der Waals surface area (Å²) < 4.78 is 25.3. The highest BCUT2D eigenvalue weighted by Gasteiger charge is 2.24. The van der Waals surface area contributed by atoms with Crippen molar-refractivity contribution in [1.29, 1.82) is 0 Å². The van der Waals surface area contributed by atoms with Crippen LogP contribution in [0.5, 0.6) is 0 Å². The molecule has 138 valence electrons. The second kappa shape index (κ2) is 7.50. The molecule has 0 radical (unpaired) electrons. The summed E-state index contributed by atoms with van der Waals surface area (Å²) in [4.78, 5) is 12.5. The number of carbonyl (C=O) groups excluding carboxylic acids is 1. The number of carbonyl (C=O) groups is 1. The first-order valence-electron chi connectivity index (χ1n) is 8.80. The van der Waals surface area contributed by atoms with Crippen molar-refractivity contribution < 1.29 is 13.2 Å². The van der Waals surface area contributed by atoms with Gasteiger partial charge >= 0.3 is 0 Å². The van der Waals surface area contributed by atoms with Gasteiger partial charge in [0.15, 0.2) is 0 Å². The van der Waals surface area contributed by atoms with Gasteiger partial charge in [-0.3, -0.25) is 9.10 Å². The summed E-state index contributed by atoms with van der Waals surface area (Å²) in [5.74, 6) is -0.189. The molecule has 0 aromatic heterocycles. The number of sulfonamides is 1. The summed E-state index contributed by atoms with van der Waals surface area (Å²) in [6.45, 7) is 2.41. The van der Waals surface area contributed by atoms with E-state index in [-0.39, 0.29) is 11.8 Å². The predicted molar refractivity (Wildman–Crippen MR) is 105 cm³/mol. The van der Waals surface area contributed by atoms with Crippen LogP contribution in [0.4, 0.5) is 11.4 Å².